The molecule has 80 valence electrons. The second-order valence-corrected chi connectivity index (χ2v) is 3.30. The van der Waals surface area contributed by atoms with Gasteiger partial charge in [0.1, 0.15) is 5.75 Å². The van der Waals surface area contributed by atoms with Crippen molar-refractivity contribution in [1.29, 1.82) is 0 Å². The summed E-state index contributed by atoms with van der Waals surface area (Å²) in [5.74, 6) is 0.862. The largest absolute Gasteiger partial charge is 0.497 e. The highest BCUT2D eigenvalue weighted by molar-refractivity contribution is 5.26. The Morgan fingerprint density at radius 2 is 2.00 bits per heavy atom. The summed E-state index contributed by atoms with van der Waals surface area (Å²) in [5, 5.41) is 0. The fourth-order valence-electron chi connectivity index (χ4n) is 1.09. The Kier molecular flexibility index (Phi) is 4.69. The van der Waals surface area contributed by atoms with E-state index in [2.05, 4.69) is 12.3 Å². The summed E-state index contributed by atoms with van der Waals surface area (Å²) >= 11 is 0. The third kappa shape index (κ3) is 4.03. The lowest BCUT2D eigenvalue weighted by Crippen LogP contribution is -1.96. The smallest absolute Gasteiger partial charge is 0.118 e. The molecule has 1 rings (SSSR count). The first-order valence-corrected chi connectivity index (χ1v) is 4.82. The highest BCUT2D eigenvalue weighted by Gasteiger charge is 1.95. The molecular formula is C13H16O2. The van der Waals surface area contributed by atoms with Crippen LogP contribution in [0.4, 0.5) is 0 Å². The molecule has 0 fully saturated rings. The lowest BCUT2D eigenvalue weighted by atomic mass is 10.2. The number of methoxy groups -OCH3 is 1. The number of ether oxygens (including phenoxy) is 2. The fourth-order valence-corrected chi connectivity index (χ4v) is 1.09. The molecule has 0 aliphatic heterocycles. The first-order chi connectivity index (χ1) is 7.26. The van der Waals surface area contributed by atoms with Gasteiger partial charge in [-0.2, -0.15) is 0 Å². The molecule has 0 amide bonds. The summed E-state index contributed by atoms with van der Waals surface area (Å²) in [6.45, 7) is 6.67. The molecule has 0 saturated heterocycles. The second-order valence-electron chi connectivity index (χ2n) is 3.30. The van der Waals surface area contributed by atoms with Crippen molar-refractivity contribution in [2.24, 2.45) is 0 Å². The molecular weight excluding hydrogens is 188 g/mol. The van der Waals surface area contributed by atoms with Crippen LogP contribution >= 0.6 is 0 Å². The van der Waals surface area contributed by atoms with Crippen LogP contribution in [-0.2, 0) is 11.3 Å². The molecule has 0 spiro atoms. The monoisotopic (exact) mass is 204 g/mol. The maximum absolute atomic E-state index is 5.47. The van der Waals surface area contributed by atoms with Crippen LogP contribution in [0.2, 0.25) is 0 Å². The van der Waals surface area contributed by atoms with Gasteiger partial charge in [0.15, 0.2) is 0 Å². The van der Waals surface area contributed by atoms with Gasteiger partial charge in [-0.3, -0.25) is 0 Å². The molecule has 2 nitrogen and oxygen atoms in total. The van der Waals surface area contributed by atoms with E-state index < -0.39 is 0 Å². The molecule has 0 bridgehead atoms. The first-order valence-electron chi connectivity index (χ1n) is 4.82. The third-order valence-corrected chi connectivity index (χ3v) is 2.05. The van der Waals surface area contributed by atoms with Gasteiger partial charge in [0.05, 0.1) is 20.3 Å². The molecule has 0 unspecified atom stereocenters. The Hall–Kier alpha value is -1.50. The average Bonchev–Trinajstić information content (AvgIpc) is 2.29. The van der Waals surface area contributed by atoms with Gasteiger partial charge in [-0.15, -0.1) is 5.73 Å². The molecule has 0 saturated carbocycles. The standard InChI is InChI=1S/C13H16O2/c1-4-11(2)9-15-10-12-5-7-13(14-3)8-6-12/h5-8H,1,9-10H2,2-3H3. The van der Waals surface area contributed by atoms with Crippen molar-refractivity contribution in [2.45, 2.75) is 13.5 Å². The van der Waals surface area contributed by atoms with Gasteiger partial charge in [-0.25, -0.2) is 0 Å². The van der Waals surface area contributed by atoms with Crippen molar-refractivity contribution < 1.29 is 9.47 Å². The summed E-state index contributed by atoms with van der Waals surface area (Å²) in [6, 6.07) is 7.83. The number of benzene rings is 1. The van der Waals surface area contributed by atoms with E-state index in [1.807, 2.05) is 31.2 Å². The maximum Gasteiger partial charge on any atom is 0.118 e. The molecule has 0 aliphatic carbocycles. The summed E-state index contributed by atoms with van der Waals surface area (Å²) in [4.78, 5) is 0. The number of rotatable bonds is 5. The van der Waals surface area contributed by atoms with Crippen LogP contribution in [0.3, 0.4) is 0 Å². The Labute approximate surface area is 90.8 Å². The van der Waals surface area contributed by atoms with E-state index in [1.165, 1.54) is 0 Å². The van der Waals surface area contributed by atoms with Gasteiger partial charge >= 0.3 is 0 Å². The zero-order chi connectivity index (χ0) is 11.1. The van der Waals surface area contributed by atoms with Crippen molar-refractivity contribution in [3.63, 3.8) is 0 Å². The fraction of sp³-hybridized carbons (Fsp3) is 0.308. The molecule has 1 aromatic rings. The van der Waals surface area contributed by atoms with Crippen molar-refractivity contribution in [1.82, 2.24) is 0 Å². The van der Waals surface area contributed by atoms with Crippen LogP contribution < -0.4 is 4.74 Å². The Balaban J connectivity index is 2.41. The first kappa shape index (κ1) is 11.6. The van der Waals surface area contributed by atoms with Crippen LogP contribution in [0.25, 0.3) is 0 Å². The predicted molar refractivity (Wildman–Crippen MR) is 61.0 cm³/mol. The lowest BCUT2D eigenvalue weighted by molar-refractivity contribution is 0.142. The highest BCUT2D eigenvalue weighted by Crippen LogP contribution is 2.12. The Bertz CT molecular complexity index is 345. The van der Waals surface area contributed by atoms with Gasteiger partial charge < -0.3 is 9.47 Å². The van der Waals surface area contributed by atoms with Crippen LogP contribution in [0.5, 0.6) is 5.75 Å². The molecule has 0 N–H and O–H groups in total. The van der Waals surface area contributed by atoms with E-state index in [-0.39, 0.29) is 0 Å². The Morgan fingerprint density at radius 1 is 1.33 bits per heavy atom. The topological polar surface area (TPSA) is 18.5 Å². The van der Waals surface area contributed by atoms with Crippen LogP contribution in [0.15, 0.2) is 42.1 Å². The lowest BCUT2D eigenvalue weighted by Gasteiger charge is -2.04. The number of hydrogen-bond donors (Lipinski definition) is 0. The molecule has 15 heavy (non-hydrogen) atoms. The summed E-state index contributed by atoms with van der Waals surface area (Å²) in [7, 11) is 1.66. The molecule has 2 heteroatoms. The minimum Gasteiger partial charge on any atom is -0.497 e. The van der Waals surface area contributed by atoms with E-state index in [0.29, 0.717) is 13.2 Å². The van der Waals surface area contributed by atoms with E-state index in [0.717, 1.165) is 16.9 Å². The minimum absolute atomic E-state index is 0.579. The summed E-state index contributed by atoms with van der Waals surface area (Å²) in [5.41, 5.74) is 4.94. The van der Waals surface area contributed by atoms with Crippen LogP contribution in [-0.4, -0.2) is 13.7 Å². The second kappa shape index (κ2) is 6.07. The predicted octanol–water partition coefficient (Wildman–Crippen LogP) is 2.94. The zero-order valence-electron chi connectivity index (χ0n) is 9.25. The quantitative estimate of drug-likeness (QED) is 0.686. The van der Waals surface area contributed by atoms with Crippen LogP contribution in [0, 0.1) is 0 Å². The number of hydrogen-bond acceptors (Lipinski definition) is 2. The van der Waals surface area contributed by atoms with Gasteiger partial charge in [-0.1, -0.05) is 18.7 Å². The molecule has 0 atom stereocenters. The van der Waals surface area contributed by atoms with Gasteiger partial charge in [0.2, 0.25) is 0 Å². The van der Waals surface area contributed by atoms with E-state index in [1.54, 1.807) is 7.11 Å². The zero-order valence-corrected chi connectivity index (χ0v) is 9.25. The molecule has 0 radical (unpaired) electrons. The van der Waals surface area contributed by atoms with Gasteiger partial charge in [-0.05, 0) is 30.2 Å². The Morgan fingerprint density at radius 3 is 2.53 bits per heavy atom. The third-order valence-electron chi connectivity index (χ3n) is 2.05. The van der Waals surface area contributed by atoms with Gasteiger partial charge in [0.25, 0.3) is 0 Å². The molecule has 1 aromatic carbocycles. The van der Waals surface area contributed by atoms with Crippen LogP contribution in [0.1, 0.15) is 12.5 Å². The van der Waals surface area contributed by atoms with Crippen molar-refractivity contribution in [2.75, 3.05) is 13.7 Å². The van der Waals surface area contributed by atoms with Crippen molar-refractivity contribution in [3.8, 4) is 5.75 Å². The van der Waals surface area contributed by atoms with E-state index in [9.17, 15) is 0 Å². The van der Waals surface area contributed by atoms with E-state index in [4.69, 9.17) is 9.47 Å². The highest BCUT2D eigenvalue weighted by atomic mass is 16.5. The SMILES string of the molecule is C=C=C(C)COCc1ccc(OC)cc1. The van der Waals surface area contributed by atoms with Crippen molar-refractivity contribution in [3.05, 3.63) is 47.7 Å². The molecule has 0 aliphatic rings. The average molecular weight is 204 g/mol. The summed E-state index contributed by atoms with van der Waals surface area (Å²) < 4.78 is 10.5. The normalized spacial score (nSPS) is 9.47. The van der Waals surface area contributed by atoms with E-state index >= 15 is 0 Å². The summed E-state index contributed by atoms with van der Waals surface area (Å²) in [6.07, 6.45) is 0. The molecule has 0 heterocycles. The van der Waals surface area contributed by atoms with Gasteiger partial charge in [0, 0.05) is 0 Å². The molecule has 0 aromatic heterocycles. The maximum atomic E-state index is 5.47. The minimum atomic E-state index is 0.579. The van der Waals surface area contributed by atoms with Crippen molar-refractivity contribution >= 4 is 0 Å².